The van der Waals surface area contributed by atoms with E-state index < -0.39 is 26.3 Å². The fourth-order valence-electron chi connectivity index (χ4n) is 3.09. The second kappa shape index (κ2) is 10.2. The number of rotatable bonds is 10. The number of hydrogen-bond donors (Lipinski definition) is 2. The Balaban J connectivity index is 1.61. The molecule has 0 saturated heterocycles. The lowest BCUT2D eigenvalue weighted by molar-refractivity contribution is -0.131. The summed E-state index contributed by atoms with van der Waals surface area (Å²) in [6, 6.07) is 11.0. The van der Waals surface area contributed by atoms with Crippen LogP contribution in [0.2, 0.25) is 0 Å². The third-order valence-corrected chi connectivity index (χ3v) is 7.49. The maximum Gasteiger partial charge on any atom is 0.264 e. The lowest BCUT2D eigenvalue weighted by atomic mass is 9.99. The van der Waals surface area contributed by atoms with Crippen molar-refractivity contribution in [2.75, 3.05) is 13.4 Å². The third-order valence-electron chi connectivity index (χ3n) is 5.46. The average Bonchev–Trinajstić information content (AvgIpc) is 3.29. The zero-order valence-corrected chi connectivity index (χ0v) is 19.6. The fraction of sp³-hybridized carbons (Fsp3) is 0.318. The summed E-state index contributed by atoms with van der Waals surface area (Å²) < 4.78 is 52.2. The van der Waals surface area contributed by atoms with Gasteiger partial charge in [0.2, 0.25) is 5.82 Å². The highest BCUT2D eigenvalue weighted by atomic mass is 32.2. The summed E-state index contributed by atoms with van der Waals surface area (Å²) in [6.07, 6.45) is 1.20. The number of halogens is 1. The van der Waals surface area contributed by atoms with E-state index in [1.54, 1.807) is 24.3 Å². The summed E-state index contributed by atoms with van der Waals surface area (Å²) in [7, 11) is -2.30. The molecular weight excluding hydrogens is 469 g/mol. The normalized spacial score (nSPS) is 13.2. The standard InChI is InChI=1S/C22H24FN3O7S/c1-22(21(27)25-28,34(3,29)30)11-10-14-4-6-15(7-5-14)32-13-19-24-20(26-33-19)17-12-16(31-2)8-9-18(17)23/h4-9,12,28H,10-11,13H2,1-3H3,(H,25,27). The minimum Gasteiger partial charge on any atom is -0.497 e. The van der Waals surface area contributed by atoms with Gasteiger partial charge in [0, 0.05) is 6.26 Å². The number of nitrogens with one attached hydrogen (secondary N) is 1. The molecule has 0 aliphatic heterocycles. The molecule has 0 fully saturated rings. The van der Waals surface area contributed by atoms with E-state index >= 15 is 0 Å². The molecule has 0 spiro atoms. The number of amides is 1. The molecule has 1 atom stereocenters. The molecule has 0 radical (unpaired) electrons. The molecule has 1 heterocycles. The summed E-state index contributed by atoms with van der Waals surface area (Å²) in [4.78, 5) is 16.1. The zero-order valence-electron chi connectivity index (χ0n) is 18.7. The average molecular weight is 494 g/mol. The van der Waals surface area contributed by atoms with Crippen LogP contribution in [0.15, 0.2) is 47.0 Å². The molecule has 10 nitrogen and oxygen atoms in total. The predicted molar refractivity (Wildman–Crippen MR) is 119 cm³/mol. The number of hydrogen-bond acceptors (Lipinski definition) is 9. The van der Waals surface area contributed by atoms with Crippen LogP contribution in [0.4, 0.5) is 4.39 Å². The van der Waals surface area contributed by atoms with Crippen molar-refractivity contribution in [1.82, 2.24) is 15.6 Å². The van der Waals surface area contributed by atoms with Gasteiger partial charge in [-0.15, -0.1) is 0 Å². The third kappa shape index (κ3) is 5.51. The van der Waals surface area contributed by atoms with Gasteiger partial charge >= 0.3 is 0 Å². The maximum atomic E-state index is 14.1. The number of aryl methyl sites for hydroxylation is 1. The second-order valence-electron chi connectivity index (χ2n) is 7.73. The van der Waals surface area contributed by atoms with Crippen molar-refractivity contribution >= 4 is 15.7 Å². The number of aromatic nitrogens is 2. The molecule has 3 rings (SSSR count). The highest BCUT2D eigenvalue weighted by Gasteiger charge is 2.43. The van der Waals surface area contributed by atoms with E-state index in [1.165, 1.54) is 37.7 Å². The monoisotopic (exact) mass is 493 g/mol. The molecule has 1 amide bonds. The number of carbonyl (C=O) groups is 1. The van der Waals surface area contributed by atoms with Gasteiger partial charge in [0.05, 0.1) is 12.7 Å². The number of nitrogens with zero attached hydrogens (tertiary/aromatic N) is 2. The van der Waals surface area contributed by atoms with Gasteiger partial charge in [0.15, 0.2) is 16.4 Å². The van der Waals surface area contributed by atoms with Crippen LogP contribution in [-0.4, -0.2) is 47.8 Å². The Morgan fingerprint density at radius 2 is 1.88 bits per heavy atom. The van der Waals surface area contributed by atoms with E-state index in [1.807, 2.05) is 0 Å². The number of ether oxygens (including phenoxy) is 2. The topological polar surface area (TPSA) is 141 Å². The minimum absolute atomic E-state index is 0.0238. The second-order valence-corrected chi connectivity index (χ2v) is 10.2. The van der Waals surface area contributed by atoms with E-state index in [0.29, 0.717) is 11.5 Å². The molecule has 34 heavy (non-hydrogen) atoms. The Morgan fingerprint density at radius 1 is 1.21 bits per heavy atom. The van der Waals surface area contributed by atoms with E-state index in [0.717, 1.165) is 11.8 Å². The van der Waals surface area contributed by atoms with Gasteiger partial charge in [-0.2, -0.15) is 4.98 Å². The van der Waals surface area contributed by atoms with E-state index in [4.69, 9.17) is 19.2 Å². The number of methoxy groups -OCH3 is 1. The zero-order chi connectivity index (χ0) is 24.9. The van der Waals surface area contributed by atoms with Crippen molar-refractivity contribution in [3.05, 3.63) is 59.7 Å². The number of benzene rings is 2. The first-order valence-corrected chi connectivity index (χ1v) is 12.0. The summed E-state index contributed by atoms with van der Waals surface area (Å²) in [6.45, 7) is 1.21. The first-order chi connectivity index (χ1) is 16.1. The molecule has 1 aromatic heterocycles. The Kier molecular flexibility index (Phi) is 7.52. The molecule has 2 N–H and O–H groups in total. The van der Waals surface area contributed by atoms with Crippen LogP contribution >= 0.6 is 0 Å². The van der Waals surface area contributed by atoms with Crippen molar-refractivity contribution in [3.63, 3.8) is 0 Å². The SMILES string of the molecule is COc1ccc(F)c(-c2noc(COc3ccc(CCC(C)(C(=O)NO)S(C)(=O)=O)cc3)n2)c1. The van der Waals surface area contributed by atoms with E-state index in [-0.39, 0.29) is 36.7 Å². The lowest BCUT2D eigenvalue weighted by Gasteiger charge is -2.25. The van der Waals surface area contributed by atoms with Crippen LogP contribution < -0.4 is 15.0 Å². The van der Waals surface area contributed by atoms with E-state index in [9.17, 15) is 17.6 Å². The summed E-state index contributed by atoms with van der Waals surface area (Å²) >= 11 is 0. The first kappa shape index (κ1) is 25.1. The minimum atomic E-state index is -3.77. The molecule has 2 aromatic carbocycles. The Bertz CT molecular complexity index is 1260. The van der Waals surface area contributed by atoms with Crippen LogP contribution in [-0.2, 0) is 27.7 Å². The molecule has 0 saturated carbocycles. The maximum absolute atomic E-state index is 14.1. The van der Waals surface area contributed by atoms with Crippen LogP contribution in [0, 0.1) is 5.82 Å². The Labute approximate surface area is 195 Å². The smallest absolute Gasteiger partial charge is 0.264 e. The Morgan fingerprint density at radius 3 is 2.50 bits per heavy atom. The van der Waals surface area contributed by atoms with Crippen LogP contribution in [0.25, 0.3) is 11.4 Å². The van der Waals surface area contributed by atoms with E-state index in [2.05, 4.69) is 10.1 Å². The van der Waals surface area contributed by atoms with Crippen molar-refractivity contribution in [3.8, 4) is 22.9 Å². The van der Waals surface area contributed by atoms with Crippen LogP contribution in [0.1, 0.15) is 24.8 Å². The number of carbonyl (C=O) groups excluding carboxylic acids is 1. The summed E-state index contributed by atoms with van der Waals surface area (Å²) in [5, 5.41) is 12.7. The molecule has 3 aromatic rings. The molecule has 0 bridgehead atoms. The van der Waals surface area contributed by atoms with Crippen molar-refractivity contribution < 1.29 is 36.8 Å². The van der Waals surface area contributed by atoms with Crippen LogP contribution in [0.3, 0.4) is 0 Å². The highest BCUT2D eigenvalue weighted by molar-refractivity contribution is 7.92. The van der Waals surface area contributed by atoms with Gasteiger partial charge in [-0.25, -0.2) is 18.3 Å². The molecule has 182 valence electrons. The van der Waals surface area contributed by atoms with Gasteiger partial charge in [0.1, 0.15) is 22.1 Å². The van der Waals surface area contributed by atoms with Gasteiger partial charge < -0.3 is 14.0 Å². The van der Waals surface area contributed by atoms with Gasteiger partial charge in [0.25, 0.3) is 11.8 Å². The fourth-order valence-corrected chi connectivity index (χ4v) is 3.95. The molecule has 12 heteroatoms. The van der Waals surface area contributed by atoms with Crippen LogP contribution in [0.5, 0.6) is 11.5 Å². The largest absolute Gasteiger partial charge is 0.497 e. The summed E-state index contributed by atoms with van der Waals surface area (Å²) in [5.41, 5.74) is 2.32. The molecule has 0 aliphatic carbocycles. The van der Waals surface area contributed by atoms with Gasteiger partial charge in [-0.3, -0.25) is 10.0 Å². The summed E-state index contributed by atoms with van der Waals surface area (Å²) in [5.74, 6) is -0.370. The van der Waals surface area contributed by atoms with Gasteiger partial charge in [-0.1, -0.05) is 17.3 Å². The number of hydroxylamine groups is 1. The highest BCUT2D eigenvalue weighted by Crippen LogP contribution is 2.26. The van der Waals surface area contributed by atoms with Gasteiger partial charge in [-0.05, 0) is 55.7 Å². The van der Waals surface area contributed by atoms with Crippen molar-refractivity contribution in [2.45, 2.75) is 31.1 Å². The molecular formula is C22H24FN3O7S. The lowest BCUT2D eigenvalue weighted by Crippen LogP contribution is -2.49. The quantitative estimate of drug-likeness (QED) is 0.322. The number of sulfone groups is 1. The molecule has 1 unspecified atom stereocenters. The predicted octanol–water partition coefficient (Wildman–Crippen LogP) is 2.70. The Hall–Kier alpha value is -3.51. The van der Waals surface area contributed by atoms with Crippen molar-refractivity contribution in [2.24, 2.45) is 0 Å². The molecule has 0 aliphatic rings. The van der Waals surface area contributed by atoms with Crippen molar-refractivity contribution in [1.29, 1.82) is 0 Å². The first-order valence-electron chi connectivity index (χ1n) is 10.1.